The molecule has 1 aromatic heterocycles. The second-order valence-corrected chi connectivity index (χ2v) is 4.42. The maximum absolute atomic E-state index is 11.1. The number of hydrogen-bond donors (Lipinski definition) is 2. The molecule has 1 heterocycles. The Morgan fingerprint density at radius 3 is 3.31 bits per heavy atom. The molecule has 1 aromatic rings. The highest BCUT2D eigenvalue weighted by Crippen LogP contribution is 2.29. The van der Waals surface area contributed by atoms with Crippen molar-refractivity contribution in [1.29, 1.82) is 0 Å². The SMILES string of the molecule is CCNC1CCCc2sc(=O)[nH]c21. The summed E-state index contributed by atoms with van der Waals surface area (Å²) in [7, 11) is 0. The molecule has 2 rings (SSSR count). The molecule has 3 nitrogen and oxygen atoms in total. The number of nitrogens with one attached hydrogen (secondary N) is 2. The highest BCUT2D eigenvalue weighted by molar-refractivity contribution is 7.09. The van der Waals surface area contributed by atoms with Crippen LogP contribution in [0.1, 0.15) is 36.4 Å². The van der Waals surface area contributed by atoms with Crippen molar-refractivity contribution in [3.63, 3.8) is 0 Å². The van der Waals surface area contributed by atoms with Gasteiger partial charge in [-0.15, -0.1) is 0 Å². The van der Waals surface area contributed by atoms with Gasteiger partial charge in [-0.05, 0) is 25.8 Å². The summed E-state index contributed by atoms with van der Waals surface area (Å²) in [6, 6.07) is 0.382. The van der Waals surface area contributed by atoms with Crippen molar-refractivity contribution in [1.82, 2.24) is 10.3 Å². The topological polar surface area (TPSA) is 44.9 Å². The maximum atomic E-state index is 11.1. The molecule has 0 bridgehead atoms. The van der Waals surface area contributed by atoms with E-state index < -0.39 is 0 Å². The predicted molar refractivity (Wildman–Crippen MR) is 54.3 cm³/mol. The van der Waals surface area contributed by atoms with Gasteiger partial charge in [-0.2, -0.15) is 0 Å². The van der Waals surface area contributed by atoms with E-state index in [-0.39, 0.29) is 4.87 Å². The zero-order valence-corrected chi connectivity index (χ0v) is 8.54. The van der Waals surface area contributed by atoms with E-state index >= 15 is 0 Å². The normalized spacial score (nSPS) is 21.5. The number of aryl methyl sites for hydroxylation is 1. The third-order valence-electron chi connectivity index (χ3n) is 2.45. The van der Waals surface area contributed by atoms with Crippen molar-refractivity contribution in [3.8, 4) is 0 Å². The number of hydrogen-bond acceptors (Lipinski definition) is 3. The van der Waals surface area contributed by atoms with Crippen LogP contribution in [-0.4, -0.2) is 11.5 Å². The highest BCUT2D eigenvalue weighted by Gasteiger charge is 2.21. The molecule has 0 spiro atoms. The van der Waals surface area contributed by atoms with Gasteiger partial charge in [0.05, 0.1) is 0 Å². The maximum Gasteiger partial charge on any atom is 0.304 e. The van der Waals surface area contributed by atoms with Gasteiger partial charge in [0.15, 0.2) is 0 Å². The average molecular weight is 198 g/mol. The van der Waals surface area contributed by atoms with Gasteiger partial charge in [0.1, 0.15) is 0 Å². The molecule has 1 aliphatic carbocycles. The molecule has 2 N–H and O–H groups in total. The number of aromatic amines is 1. The molecule has 0 saturated carbocycles. The van der Waals surface area contributed by atoms with Crippen LogP contribution in [0, 0.1) is 0 Å². The molecule has 0 aliphatic heterocycles. The van der Waals surface area contributed by atoms with Gasteiger partial charge < -0.3 is 10.3 Å². The Bertz CT molecular complexity index is 342. The van der Waals surface area contributed by atoms with E-state index in [4.69, 9.17) is 0 Å². The van der Waals surface area contributed by atoms with E-state index in [1.807, 2.05) is 0 Å². The van der Waals surface area contributed by atoms with E-state index in [1.165, 1.54) is 22.6 Å². The molecule has 1 unspecified atom stereocenters. The lowest BCUT2D eigenvalue weighted by atomic mass is 9.98. The monoisotopic (exact) mass is 198 g/mol. The molecular formula is C9H14N2OS. The van der Waals surface area contributed by atoms with Gasteiger partial charge >= 0.3 is 4.87 Å². The lowest BCUT2D eigenvalue weighted by Crippen LogP contribution is -2.25. The minimum atomic E-state index is 0.0924. The minimum Gasteiger partial charge on any atom is -0.315 e. The fourth-order valence-electron chi connectivity index (χ4n) is 1.90. The zero-order chi connectivity index (χ0) is 9.26. The first-order chi connectivity index (χ1) is 6.31. The molecule has 1 atom stereocenters. The highest BCUT2D eigenvalue weighted by atomic mass is 32.1. The third-order valence-corrected chi connectivity index (χ3v) is 3.41. The van der Waals surface area contributed by atoms with Crippen molar-refractivity contribution in [3.05, 3.63) is 20.2 Å². The quantitative estimate of drug-likeness (QED) is 0.755. The molecule has 4 heteroatoms. The van der Waals surface area contributed by atoms with Crippen LogP contribution < -0.4 is 10.2 Å². The van der Waals surface area contributed by atoms with Crippen LogP contribution >= 0.6 is 11.3 Å². The van der Waals surface area contributed by atoms with Crippen LogP contribution in [0.25, 0.3) is 0 Å². The molecule has 0 saturated heterocycles. The number of aromatic nitrogens is 1. The first-order valence-corrected chi connectivity index (χ1v) is 5.58. The molecular weight excluding hydrogens is 184 g/mol. The molecule has 13 heavy (non-hydrogen) atoms. The lowest BCUT2D eigenvalue weighted by molar-refractivity contribution is 0.465. The third kappa shape index (κ3) is 1.69. The Morgan fingerprint density at radius 1 is 1.69 bits per heavy atom. The number of fused-ring (bicyclic) bond motifs is 1. The summed E-state index contributed by atoms with van der Waals surface area (Å²) in [6.45, 7) is 3.06. The van der Waals surface area contributed by atoms with Gasteiger partial charge in [0.2, 0.25) is 0 Å². The van der Waals surface area contributed by atoms with Crippen molar-refractivity contribution in [2.24, 2.45) is 0 Å². The second-order valence-electron chi connectivity index (χ2n) is 3.35. The van der Waals surface area contributed by atoms with Gasteiger partial charge in [0, 0.05) is 16.6 Å². The largest absolute Gasteiger partial charge is 0.315 e. The van der Waals surface area contributed by atoms with Crippen molar-refractivity contribution >= 4 is 11.3 Å². The van der Waals surface area contributed by atoms with Gasteiger partial charge in [-0.1, -0.05) is 18.3 Å². The van der Waals surface area contributed by atoms with E-state index in [9.17, 15) is 4.79 Å². The molecule has 1 aliphatic rings. The summed E-state index contributed by atoms with van der Waals surface area (Å²) in [6.07, 6.45) is 3.41. The molecule has 0 amide bonds. The summed E-state index contributed by atoms with van der Waals surface area (Å²) in [5.41, 5.74) is 1.14. The number of rotatable bonds is 2. The predicted octanol–water partition coefficient (Wildman–Crippen LogP) is 1.42. The summed E-state index contributed by atoms with van der Waals surface area (Å²) in [4.78, 5) is 15.4. The lowest BCUT2D eigenvalue weighted by Gasteiger charge is -2.21. The van der Waals surface area contributed by atoms with Gasteiger partial charge in [-0.25, -0.2) is 0 Å². The average Bonchev–Trinajstić information content (AvgIpc) is 2.47. The molecule has 0 fully saturated rings. The van der Waals surface area contributed by atoms with Crippen LogP contribution in [-0.2, 0) is 6.42 Å². The zero-order valence-electron chi connectivity index (χ0n) is 7.72. The Balaban J connectivity index is 2.30. The smallest absolute Gasteiger partial charge is 0.304 e. The first-order valence-electron chi connectivity index (χ1n) is 4.76. The van der Waals surface area contributed by atoms with Gasteiger partial charge in [0.25, 0.3) is 0 Å². The van der Waals surface area contributed by atoms with E-state index in [0.29, 0.717) is 6.04 Å². The minimum absolute atomic E-state index is 0.0924. The summed E-state index contributed by atoms with van der Waals surface area (Å²) in [5.74, 6) is 0. The summed E-state index contributed by atoms with van der Waals surface area (Å²) >= 11 is 1.37. The van der Waals surface area contributed by atoms with Crippen LogP contribution in [0.15, 0.2) is 4.79 Å². The fourth-order valence-corrected chi connectivity index (χ4v) is 2.84. The number of thiazole rings is 1. The molecule has 0 radical (unpaired) electrons. The van der Waals surface area contributed by atoms with Crippen molar-refractivity contribution in [2.45, 2.75) is 32.2 Å². The Kier molecular flexibility index (Phi) is 2.51. The van der Waals surface area contributed by atoms with Crippen LogP contribution in [0.3, 0.4) is 0 Å². The van der Waals surface area contributed by atoms with Crippen LogP contribution in [0.4, 0.5) is 0 Å². The Hall–Kier alpha value is -0.610. The van der Waals surface area contributed by atoms with Crippen molar-refractivity contribution in [2.75, 3.05) is 6.54 Å². The Morgan fingerprint density at radius 2 is 2.54 bits per heavy atom. The second kappa shape index (κ2) is 3.64. The van der Waals surface area contributed by atoms with E-state index in [1.54, 1.807) is 0 Å². The first kappa shape index (κ1) is 8.97. The fraction of sp³-hybridized carbons (Fsp3) is 0.667. The summed E-state index contributed by atoms with van der Waals surface area (Å²) < 4.78 is 0. The molecule has 72 valence electrons. The van der Waals surface area contributed by atoms with E-state index in [0.717, 1.165) is 25.1 Å². The van der Waals surface area contributed by atoms with Crippen LogP contribution in [0.5, 0.6) is 0 Å². The van der Waals surface area contributed by atoms with Crippen molar-refractivity contribution < 1.29 is 0 Å². The Labute approximate surface area is 81.2 Å². The van der Waals surface area contributed by atoms with Crippen LogP contribution in [0.2, 0.25) is 0 Å². The van der Waals surface area contributed by atoms with Gasteiger partial charge in [-0.3, -0.25) is 4.79 Å². The number of H-pyrrole nitrogens is 1. The summed E-state index contributed by atoms with van der Waals surface area (Å²) in [5, 5.41) is 3.39. The molecule has 0 aromatic carbocycles. The standard InChI is InChI=1S/C9H14N2OS/c1-2-10-6-4-3-5-7-8(6)11-9(12)13-7/h6,10H,2-5H2,1H3,(H,11,12). The van der Waals surface area contributed by atoms with E-state index in [2.05, 4.69) is 17.2 Å².